The van der Waals surface area contributed by atoms with Gasteiger partial charge in [0.25, 0.3) is 0 Å². The Bertz CT molecular complexity index is 1580. The number of ketones is 3. The summed E-state index contributed by atoms with van der Waals surface area (Å²) in [5.74, 6) is -0.435. The maximum absolute atomic E-state index is 14.7. The minimum Gasteiger partial charge on any atom is -0.493 e. The number of carbonyl (C=O) groups excluding carboxylic acids is 3. The number of carbonyl (C=O) groups is 3. The fourth-order valence-electron chi connectivity index (χ4n) is 6.81. The predicted octanol–water partition coefficient (Wildman–Crippen LogP) is 6.41. The van der Waals surface area contributed by atoms with Crippen LogP contribution in [0.1, 0.15) is 58.5 Å². The summed E-state index contributed by atoms with van der Waals surface area (Å²) in [4.78, 5) is 45.8. The Morgan fingerprint density at radius 1 is 0.900 bits per heavy atom. The molecule has 0 N–H and O–H groups in total. The minimum atomic E-state index is -1.57. The predicted molar refractivity (Wildman–Crippen MR) is 155 cm³/mol. The number of hydrogen-bond donors (Lipinski definition) is 0. The second kappa shape index (κ2) is 9.07. The van der Waals surface area contributed by atoms with Crippen molar-refractivity contribution in [2.45, 2.75) is 38.8 Å². The van der Waals surface area contributed by atoms with Gasteiger partial charge < -0.3 is 14.4 Å². The lowest BCUT2D eigenvalue weighted by Gasteiger charge is -2.38. The quantitative estimate of drug-likeness (QED) is 0.347. The second-order valence-electron chi connectivity index (χ2n) is 11.6. The van der Waals surface area contributed by atoms with Crippen LogP contribution >= 0.6 is 11.6 Å². The summed E-state index contributed by atoms with van der Waals surface area (Å²) in [5, 5.41) is 0.561. The molecule has 204 valence electrons. The maximum atomic E-state index is 14.7. The van der Waals surface area contributed by atoms with Gasteiger partial charge in [0, 0.05) is 33.2 Å². The molecule has 0 aromatic heterocycles. The first-order valence-electron chi connectivity index (χ1n) is 13.3. The number of ether oxygens (including phenoxy) is 2. The van der Waals surface area contributed by atoms with Gasteiger partial charge in [0.15, 0.2) is 28.8 Å². The lowest BCUT2D eigenvalue weighted by Crippen LogP contribution is -2.49. The van der Waals surface area contributed by atoms with E-state index in [1.54, 1.807) is 49.6 Å². The first kappa shape index (κ1) is 26.3. The molecule has 3 aromatic rings. The molecule has 2 aliphatic heterocycles. The van der Waals surface area contributed by atoms with Gasteiger partial charge in [-0.1, -0.05) is 74.9 Å². The molecule has 3 aromatic carbocycles. The Morgan fingerprint density at radius 2 is 1.55 bits per heavy atom. The van der Waals surface area contributed by atoms with Crippen molar-refractivity contribution in [1.29, 1.82) is 0 Å². The minimum absolute atomic E-state index is 0.0677. The zero-order chi connectivity index (χ0) is 28.6. The molecule has 0 radical (unpaired) electrons. The molecule has 3 aliphatic rings. The number of benzene rings is 3. The average molecular weight is 556 g/mol. The highest BCUT2D eigenvalue weighted by Gasteiger charge is 2.72. The molecule has 2 heterocycles. The summed E-state index contributed by atoms with van der Waals surface area (Å²) in [7, 11) is 3.09. The van der Waals surface area contributed by atoms with Gasteiger partial charge in [-0.3, -0.25) is 14.4 Å². The number of anilines is 1. The highest BCUT2D eigenvalue weighted by atomic mass is 35.5. The normalized spacial score (nSPS) is 22.2. The van der Waals surface area contributed by atoms with Crippen LogP contribution in [-0.4, -0.2) is 43.7 Å². The third-order valence-corrected chi connectivity index (χ3v) is 8.78. The summed E-state index contributed by atoms with van der Waals surface area (Å²) in [6.07, 6.45) is 3.80. The molecule has 1 fully saturated rings. The van der Waals surface area contributed by atoms with Gasteiger partial charge >= 0.3 is 0 Å². The smallest absolute Gasteiger partial charge is 0.180 e. The van der Waals surface area contributed by atoms with Gasteiger partial charge in [-0.25, -0.2) is 0 Å². The molecule has 1 aliphatic carbocycles. The van der Waals surface area contributed by atoms with E-state index in [4.69, 9.17) is 21.1 Å². The highest BCUT2D eigenvalue weighted by Crippen LogP contribution is 2.61. The zero-order valence-corrected chi connectivity index (χ0v) is 23.8. The van der Waals surface area contributed by atoms with Gasteiger partial charge in [0.2, 0.25) is 0 Å². The van der Waals surface area contributed by atoms with Crippen molar-refractivity contribution in [3.63, 3.8) is 0 Å². The van der Waals surface area contributed by atoms with Crippen LogP contribution in [0.3, 0.4) is 0 Å². The van der Waals surface area contributed by atoms with E-state index >= 15 is 0 Å². The van der Waals surface area contributed by atoms with E-state index < -0.39 is 28.8 Å². The average Bonchev–Trinajstić information content (AvgIpc) is 3.37. The largest absolute Gasteiger partial charge is 0.493 e. The Labute approximate surface area is 238 Å². The van der Waals surface area contributed by atoms with Crippen molar-refractivity contribution < 1.29 is 23.9 Å². The van der Waals surface area contributed by atoms with Crippen molar-refractivity contribution in [1.82, 2.24) is 0 Å². The molecular formula is C33H30ClNO5. The number of fused-ring (bicyclic) bond motifs is 5. The van der Waals surface area contributed by atoms with Crippen LogP contribution in [0.25, 0.3) is 6.08 Å². The van der Waals surface area contributed by atoms with E-state index in [2.05, 4.69) is 0 Å². The van der Waals surface area contributed by atoms with Crippen LogP contribution in [0.15, 0.2) is 66.7 Å². The van der Waals surface area contributed by atoms with Crippen LogP contribution in [0, 0.1) is 10.8 Å². The molecule has 1 saturated heterocycles. The molecule has 0 amide bonds. The molecule has 0 saturated carbocycles. The van der Waals surface area contributed by atoms with E-state index in [0.29, 0.717) is 33.2 Å². The molecule has 7 heteroatoms. The number of methoxy groups -OCH3 is 2. The number of Topliss-reactive ketones (excluding diaryl/α,β-unsaturated/α-hetero) is 3. The first-order valence-corrected chi connectivity index (χ1v) is 13.6. The fraction of sp³-hybridized carbons (Fsp3) is 0.303. The summed E-state index contributed by atoms with van der Waals surface area (Å²) >= 11 is 6.35. The SMILES string of the molecule is COc1ccc([C@@H]2[C@H](C(=O)C(C)(C)C)N3c4ccc(Cl)cc4C=C[C@H]3C23C(=O)c2ccccc2C3=O)cc1OC. The highest BCUT2D eigenvalue weighted by molar-refractivity contribution is 6.32. The van der Waals surface area contributed by atoms with Crippen LogP contribution in [0.2, 0.25) is 5.02 Å². The van der Waals surface area contributed by atoms with E-state index in [1.807, 2.05) is 56.0 Å². The van der Waals surface area contributed by atoms with E-state index in [1.165, 1.54) is 7.11 Å². The monoisotopic (exact) mass is 555 g/mol. The number of rotatable bonds is 4. The van der Waals surface area contributed by atoms with Crippen molar-refractivity contribution in [3.05, 3.63) is 94.0 Å². The maximum Gasteiger partial charge on any atom is 0.180 e. The lowest BCUT2D eigenvalue weighted by atomic mass is 9.63. The number of hydrogen-bond acceptors (Lipinski definition) is 6. The van der Waals surface area contributed by atoms with Gasteiger partial charge in [-0.05, 0) is 41.5 Å². The molecule has 3 atom stereocenters. The fourth-order valence-corrected chi connectivity index (χ4v) is 6.99. The molecular weight excluding hydrogens is 526 g/mol. The molecule has 0 bridgehead atoms. The zero-order valence-electron chi connectivity index (χ0n) is 23.0. The van der Waals surface area contributed by atoms with Gasteiger partial charge in [-0.15, -0.1) is 0 Å². The van der Waals surface area contributed by atoms with Crippen molar-refractivity contribution in [3.8, 4) is 11.5 Å². The number of nitrogens with zero attached hydrogens (tertiary/aromatic N) is 1. The molecule has 6 nitrogen and oxygen atoms in total. The van der Waals surface area contributed by atoms with Crippen molar-refractivity contribution in [2.75, 3.05) is 19.1 Å². The second-order valence-corrected chi connectivity index (χ2v) is 12.1. The van der Waals surface area contributed by atoms with Gasteiger partial charge in [0.05, 0.1) is 26.3 Å². The van der Waals surface area contributed by atoms with Crippen LogP contribution in [0.5, 0.6) is 11.5 Å². The molecule has 0 unspecified atom stereocenters. The van der Waals surface area contributed by atoms with Gasteiger partial charge in [0.1, 0.15) is 5.41 Å². The topological polar surface area (TPSA) is 72.9 Å². The molecule has 40 heavy (non-hydrogen) atoms. The summed E-state index contributed by atoms with van der Waals surface area (Å²) in [6, 6.07) is 16.3. The Hall–Kier alpha value is -3.90. The molecule has 1 spiro atoms. The Kier molecular flexibility index (Phi) is 5.97. The summed E-state index contributed by atoms with van der Waals surface area (Å²) in [6.45, 7) is 5.61. The Balaban J connectivity index is 1.70. The molecule has 6 rings (SSSR count). The van der Waals surface area contributed by atoms with Crippen LogP contribution in [0.4, 0.5) is 5.69 Å². The third kappa shape index (κ3) is 3.45. The summed E-state index contributed by atoms with van der Waals surface area (Å²) in [5.41, 5.74) is 0.693. The van der Waals surface area contributed by atoms with Crippen molar-refractivity contribution in [2.24, 2.45) is 10.8 Å². The van der Waals surface area contributed by atoms with Crippen LogP contribution < -0.4 is 14.4 Å². The van der Waals surface area contributed by atoms with E-state index in [-0.39, 0.29) is 17.3 Å². The Morgan fingerprint density at radius 3 is 2.15 bits per heavy atom. The van der Waals surface area contributed by atoms with Crippen molar-refractivity contribution >= 4 is 40.7 Å². The standard InChI is InChI=1S/C33H30ClNO5/c1-32(2,3)31(38)28-27(19-10-14-24(39-4)25(17-19)40-5)33(29(36)21-8-6-7-9-22(21)30(33)37)26-15-11-18-16-20(34)12-13-23(18)35(26)28/h6-17,26-28H,1-5H3/t26-,27+,28+/m0/s1. The third-order valence-electron chi connectivity index (χ3n) is 8.54. The van der Waals surface area contributed by atoms with Gasteiger partial charge in [-0.2, -0.15) is 0 Å². The summed E-state index contributed by atoms with van der Waals surface area (Å²) < 4.78 is 11.1. The van der Waals surface area contributed by atoms with E-state index in [9.17, 15) is 14.4 Å². The first-order chi connectivity index (χ1) is 19.0. The lowest BCUT2D eigenvalue weighted by molar-refractivity contribution is -0.127. The number of halogens is 1. The van der Waals surface area contributed by atoms with E-state index in [0.717, 1.165) is 11.3 Å². The van der Waals surface area contributed by atoms with Crippen LogP contribution in [-0.2, 0) is 4.79 Å².